The number of rotatable bonds is 4. The molecule has 0 spiro atoms. The number of benzene rings is 3. The number of esters is 1. The van der Waals surface area contributed by atoms with Gasteiger partial charge in [0.25, 0.3) is 5.91 Å². The van der Waals surface area contributed by atoms with Crippen LogP contribution in [0.5, 0.6) is 0 Å². The Morgan fingerprint density at radius 2 is 1.85 bits per heavy atom. The number of alkyl halides is 3. The second-order valence-electron chi connectivity index (χ2n) is 8.83. The maximum Gasteiger partial charge on any atom is 0.417 e. The molecule has 2 heterocycles. The Bertz CT molecular complexity index is 1660. The van der Waals surface area contributed by atoms with Gasteiger partial charge in [0.2, 0.25) is 0 Å². The lowest BCUT2D eigenvalue weighted by molar-refractivity contribution is -0.138. The van der Waals surface area contributed by atoms with Gasteiger partial charge < -0.3 is 10.1 Å². The first-order valence-electron chi connectivity index (χ1n) is 11.7. The van der Waals surface area contributed by atoms with E-state index in [0.29, 0.717) is 18.8 Å². The average molecular weight is 540 g/mol. The number of hydrogen-bond acceptors (Lipinski definition) is 5. The van der Waals surface area contributed by atoms with Crippen molar-refractivity contribution in [3.63, 3.8) is 0 Å². The topological polar surface area (TPSA) is 93.5 Å². The predicted octanol–water partition coefficient (Wildman–Crippen LogP) is 5.17. The van der Waals surface area contributed by atoms with Crippen molar-refractivity contribution in [2.45, 2.75) is 13.1 Å². The molecule has 0 bridgehead atoms. The van der Waals surface area contributed by atoms with Gasteiger partial charge in [0.1, 0.15) is 11.5 Å². The van der Waals surface area contributed by atoms with Crippen molar-refractivity contribution in [1.82, 2.24) is 15.1 Å². The zero-order valence-electron chi connectivity index (χ0n) is 20.6. The van der Waals surface area contributed by atoms with Crippen LogP contribution in [0.25, 0.3) is 22.2 Å². The number of hydrogen-bond donors (Lipinski definition) is 1. The van der Waals surface area contributed by atoms with Crippen molar-refractivity contribution in [2.75, 3.05) is 25.1 Å². The van der Waals surface area contributed by atoms with Gasteiger partial charge in [-0.25, -0.2) is 14.0 Å². The molecule has 1 aromatic heterocycles. The van der Waals surface area contributed by atoms with Crippen LogP contribution in [-0.4, -0.2) is 47.9 Å². The minimum atomic E-state index is -4.82. The second kappa shape index (κ2) is 9.53. The minimum absolute atomic E-state index is 0.0353. The quantitative estimate of drug-likeness (QED) is 0.285. The summed E-state index contributed by atoms with van der Waals surface area (Å²) in [6.45, 7) is 2.09. The first kappa shape index (κ1) is 25.9. The molecule has 0 saturated carbocycles. The Morgan fingerprint density at radius 1 is 1.08 bits per heavy atom. The number of urea groups is 1. The van der Waals surface area contributed by atoms with Crippen molar-refractivity contribution in [3.05, 3.63) is 82.7 Å². The van der Waals surface area contributed by atoms with E-state index in [9.17, 15) is 27.6 Å². The molecule has 0 radical (unpaired) electrons. The fraction of sp³-hybridized carbons (Fsp3) is 0.185. The number of anilines is 1. The number of ether oxygens (including phenoxy) is 1. The van der Waals surface area contributed by atoms with E-state index < -0.39 is 35.0 Å². The van der Waals surface area contributed by atoms with Crippen LogP contribution in [0, 0.1) is 12.7 Å². The Hall–Kier alpha value is -4.74. The lowest BCUT2D eigenvalue weighted by Crippen LogP contribution is -2.27. The maximum atomic E-state index is 15.2. The highest BCUT2D eigenvalue weighted by molar-refractivity contribution is 6.07. The normalized spacial score (nSPS) is 13.6. The Labute approximate surface area is 218 Å². The predicted molar refractivity (Wildman–Crippen MR) is 133 cm³/mol. The van der Waals surface area contributed by atoms with Gasteiger partial charge >= 0.3 is 18.2 Å². The minimum Gasteiger partial charge on any atom is -0.465 e. The molecule has 200 valence electrons. The number of nitrogens with one attached hydrogen (secondary N) is 1. The summed E-state index contributed by atoms with van der Waals surface area (Å²) < 4.78 is 62.2. The molecule has 0 atom stereocenters. The third kappa shape index (κ3) is 4.47. The SMILES string of the molecule is COC(=O)c1ccc(-c2nn(C(=O)c3c(C)cccc3C(F)(F)F)c3cc(N4CCNC4=O)ccc23)c(F)c1. The molecule has 1 N–H and O–H groups in total. The van der Waals surface area contributed by atoms with Crippen LogP contribution in [0.1, 0.15) is 31.8 Å². The lowest BCUT2D eigenvalue weighted by atomic mass is 10.0. The smallest absolute Gasteiger partial charge is 0.417 e. The molecule has 0 unspecified atom stereocenters. The van der Waals surface area contributed by atoms with Gasteiger partial charge in [-0.3, -0.25) is 9.69 Å². The van der Waals surface area contributed by atoms with Gasteiger partial charge in [-0.15, -0.1) is 0 Å². The Morgan fingerprint density at radius 3 is 2.49 bits per heavy atom. The van der Waals surface area contributed by atoms with Crippen molar-refractivity contribution in [1.29, 1.82) is 0 Å². The number of nitrogens with zero attached hydrogens (tertiary/aromatic N) is 3. The number of carbonyl (C=O) groups excluding carboxylic acids is 3. The van der Waals surface area contributed by atoms with Gasteiger partial charge in [-0.1, -0.05) is 12.1 Å². The van der Waals surface area contributed by atoms with Gasteiger partial charge in [0.05, 0.1) is 29.3 Å². The van der Waals surface area contributed by atoms with Crippen LogP contribution in [0.2, 0.25) is 0 Å². The summed E-state index contributed by atoms with van der Waals surface area (Å²) in [4.78, 5) is 39.2. The molecule has 8 nitrogen and oxygen atoms in total. The number of aryl methyl sites for hydroxylation is 1. The van der Waals surface area contributed by atoms with Gasteiger partial charge in [0.15, 0.2) is 0 Å². The van der Waals surface area contributed by atoms with E-state index in [1.165, 1.54) is 48.2 Å². The highest BCUT2D eigenvalue weighted by Crippen LogP contribution is 2.37. The maximum absolute atomic E-state index is 15.2. The zero-order valence-corrected chi connectivity index (χ0v) is 20.6. The summed E-state index contributed by atoms with van der Waals surface area (Å²) in [7, 11) is 1.15. The summed E-state index contributed by atoms with van der Waals surface area (Å²) in [5.41, 5.74) is -1.41. The monoisotopic (exact) mass is 540 g/mol. The first-order valence-corrected chi connectivity index (χ1v) is 11.7. The first-order chi connectivity index (χ1) is 18.5. The van der Waals surface area contributed by atoms with E-state index in [1.54, 1.807) is 6.07 Å². The lowest BCUT2D eigenvalue weighted by Gasteiger charge is -2.16. The zero-order chi connectivity index (χ0) is 28.1. The molecule has 39 heavy (non-hydrogen) atoms. The van der Waals surface area contributed by atoms with Crippen LogP contribution in [0.3, 0.4) is 0 Å². The molecule has 5 rings (SSSR count). The molecule has 2 amide bonds. The van der Waals surface area contributed by atoms with Crippen molar-refractivity contribution < 1.29 is 36.7 Å². The Balaban J connectivity index is 1.75. The van der Waals surface area contributed by atoms with E-state index in [-0.39, 0.29) is 39.3 Å². The van der Waals surface area contributed by atoms with Crippen LogP contribution in [0.15, 0.2) is 54.6 Å². The molecule has 1 saturated heterocycles. The van der Waals surface area contributed by atoms with Crippen LogP contribution in [-0.2, 0) is 10.9 Å². The summed E-state index contributed by atoms with van der Waals surface area (Å²) in [5.74, 6) is -2.70. The Kier molecular flexibility index (Phi) is 6.33. The summed E-state index contributed by atoms with van der Waals surface area (Å²) in [6.07, 6.45) is -4.82. The molecular weight excluding hydrogens is 520 g/mol. The van der Waals surface area contributed by atoms with Crippen molar-refractivity contribution in [2.24, 2.45) is 0 Å². The van der Waals surface area contributed by atoms with Crippen LogP contribution in [0.4, 0.5) is 28.0 Å². The fourth-order valence-corrected chi connectivity index (χ4v) is 4.59. The largest absolute Gasteiger partial charge is 0.465 e. The molecule has 12 heteroatoms. The summed E-state index contributed by atoms with van der Waals surface area (Å²) >= 11 is 0. The average Bonchev–Trinajstić information content (AvgIpc) is 3.50. The summed E-state index contributed by atoms with van der Waals surface area (Å²) in [6, 6.07) is 11.1. The molecular formula is C27H20F4N4O4. The molecule has 3 aromatic carbocycles. The fourth-order valence-electron chi connectivity index (χ4n) is 4.59. The number of methoxy groups -OCH3 is 1. The third-order valence-corrected chi connectivity index (χ3v) is 6.46. The third-order valence-electron chi connectivity index (χ3n) is 6.46. The number of aromatic nitrogens is 2. The molecule has 1 fully saturated rings. The van der Waals surface area contributed by atoms with Crippen molar-refractivity contribution in [3.8, 4) is 11.3 Å². The number of carbonyl (C=O) groups is 3. The van der Waals surface area contributed by atoms with E-state index in [2.05, 4.69) is 15.2 Å². The number of halogens is 4. The highest BCUT2D eigenvalue weighted by Gasteiger charge is 2.37. The van der Waals surface area contributed by atoms with Crippen LogP contribution < -0.4 is 10.2 Å². The van der Waals surface area contributed by atoms with Gasteiger partial charge in [-0.05, 0) is 55.0 Å². The van der Waals surface area contributed by atoms with E-state index in [0.717, 1.165) is 23.9 Å². The molecule has 0 aliphatic carbocycles. The van der Waals surface area contributed by atoms with Gasteiger partial charge in [0, 0.05) is 29.7 Å². The number of fused-ring (bicyclic) bond motifs is 1. The standard InChI is InChI=1S/C27H20F4N4O4/c1-14-4-3-5-19(27(29,30)31)22(14)24(36)35-21-13-16(34-11-10-32-26(34)38)7-9-18(21)23(33-35)17-8-6-15(12-20(17)28)25(37)39-2/h3-9,12-13H,10-11H2,1-2H3,(H,32,38). The van der Waals surface area contributed by atoms with E-state index >= 15 is 4.39 Å². The highest BCUT2D eigenvalue weighted by atomic mass is 19.4. The van der Waals surface area contributed by atoms with Gasteiger partial charge in [-0.2, -0.15) is 23.0 Å². The number of amides is 2. The molecule has 1 aliphatic rings. The van der Waals surface area contributed by atoms with E-state index in [4.69, 9.17) is 0 Å². The van der Waals surface area contributed by atoms with Crippen molar-refractivity contribution >= 4 is 34.5 Å². The van der Waals surface area contributed by atoms with Crippen LogP contribution >= 0.6 is 0 Å². The van der Waals surface area contributed by atoms with E-state index in [1.807, 2.05) is 0 Å². The molecule has 1 aliphatic heterocycles. The second-order valence-corrected chi connectivity index (χ2v) is 8.83. The summed E-state index contributed by atoms with van der Waals surface area (Å²) in [5, 5.41) is 7.17. The molecule has 4 aromatic rings.